The molecule has 1 heterocycles. The largest absolute Gasteiger partial charge is 0.497 e. The van der Waals surface area contributed by atoms with Crippen LogP contribution in [0.1, 0.15) is 32.6 Å². The van der Waals surface area contributed by atoms with E-state index >= 15 is 0 Å². The van der Waals surface area contributed by atoms with Crippen LogP contribution in [-0.4, -0.2) is 60.1 Å². The first-order valence-corrected chi connectivity index (χ1v) is 14.4. The van der Waals surface area contributed by atoms with Crippen molar-refractivity contribution in [1.82, 2.24) is 14.0 Å². The van der Waals surface area contributed by atoms with Gasteiger partial charge in [0.15, 0.2) is 5.78 Å². The second-order valence-electron chi connectivity index (χ2n) is 10.7. The lowest BCUT2D eigenvalue weighted by atomic mass is 9.98. The Labute approximate surface area is 265 Å². The number of methoxy groups -OCH3 is 3. The van der Waals surface area contributed by atoms with Crippen LogP contribution in [0.2, 0.25) is 0 Å². The van der Waals surface area contributed by atoms with Crippen LogP contribution in [-0.2, 0) is 24.3 Å². The molecule has 0 unspecified atom stereocenters. The molecule has 0 aliphatic carbocycles. The first-order valence-electron chi connectivity index (χ1n) is 14.4. The highest BCUT2D eigenvalue weighted by atomic mass is 16.5. The van der Waals surface area contributed by atoms with Crippen molar-refractivity contribution in [2.24, 2.45) is 5.73 Å². The number of imidazole rings is 1. The predicted octanol–water partition coefficient (Wildman–Crippen LogP) is 4.24. The highest BCUT2D eigenvalue weighted by Gasteiger charge is 2.26. The smallest absolute Gasteiger partial charge is 0.329 e. The van der Waals surface area contributed by atoms with Crippen molar-refractivity contribution in [1.29, 1.82) is 0 Å². The van der Waals surface area contributed by atoms with Crippen LogP contribution in [0.25, 0.3) is 11.0 Å². The summed E-state index contributed by atoms with van der Waals surface area (Å²) in [7, 11) is 5.92. The molecule has 0 saturated heterocycles. The number of urea groups is 1. The topological polar surface area (TPSA) is 135 Å². The van der Waals surface area contributed by atoms with E-state index < -0.39 is 17.6 Å². The number of carbonyl (C=O) groups excluding carboxylic acids is 3. The van der Waals surface area contributed by atoms with Gasteiger partial charge in [-0.05, 0) is 47.0 Å². The molecule has 0 saturated carbocycles. The molecule has 0 radical (unpaired) electrons. The van der Waals surface area contributed by atoms with Crippen LogP contribution in [0.4, 0.5) is 4.79 Å². The average molecular weight is 623 g/mol. The third-order valence-corrected chi connectivity index (χ3v) is 7.79. The van der Waals surface area contributed by atoms with Gasteiger partial charge in [-0.2, -0.15) is 0 Å². The molecule has 0 fully saturated rings. The van der Waals surface area contributed by atoms with Crippen molar-refractivity contribution in [2.75, 3.05) is 28.4 Å². The number of rotatable bonds is 11. The van der Waals surface area contributed by atoms with E-state index in [2.05, 4.69) is 0 Å². The molecule has 0 atom stereocenters. The number of aromatic nitrogens is 2. The first-order chi connectivity index (χ1) is 22.1. The van der Waals surface area contributed by atoms with Gasteiger partial charge in [-0.15, -0.1) is 0 Å². The van der Waals surface area contributed by atoms with Crippen molar-refractivity contribution < 1.29 is 28.6 Å². The van der Waals surface area contributed by atoms with Gasteiger partial charge < -0.3 is 19.9 Å². The molecule has 5 aromatic rings. The lowest BCUT2D eigenvalue weighted by Gasteiger charge is -2.15. The Morgan fingerprint density at radius 3 is 1.96 bits per heavy atom. The standard InChI is InChI=1S/C35H34N4O7/c1-37(34(36)42)30(40)18-25-13-14-29(33(41)24-10-6-5-7-11-24)32-31(25)38(20-22-9-8-12-26(15-22)44-2)35(43)39(32)21-23-16-27(45-3)19-28(17-23)46-4/h5-17,19H,18,20-21H2,1-4H3,(H2,36,42). The van der Waals surface area contributed by atoms with Crippen LogP contribution in [0, 0.1) is 0 Å². The minimum absolute atomic E-state index is 0.0572. The number of fused-ring (bicyclic) bond motifs is 1. The maximum absolute atomic E-state index is 14.5. The predicted molar refractivity (Wildman–Crippen MR) is 173 cm³/mol. The molecule has 2 N–H and O–H groups in total. The SMILES string of the molecule is COc1cccc(Cn2c(=O)n(Cc3cc(OC)cc(OC)c3)c3c(C(=O)c4ccccc4)ccc(CC(=O)N(C)C(N)=O)c32)c1. The summed E-state index contributed by atoms with van der Waals surface area (Å²) in [5.74, 6) is 0.804. The van der Waals surface area contributed by atoms with Crippen molar-refractivity contribution in [3.63, 3.8) is 0 Å². The fourth-order valence-corrected chi connectivity index (χ4v) is 5.40. The van der Waals surface area contributed by atoms with Crippen LogP contribution in [0.5, 0.6) is 17.2 Å². The summed E-state index contributed by atoms with van der Waals surface area (Å²) in [4.78, 5) is 54.3. The lowest BCUT2D eigenvalue weighted by Crippen LogP contribution is -2.38. The first kappa shape index (κ1) is 31.6. The van der Waals surface area contributed by atoms with Gasteiger partial charge in [0.25, 0.3) is 0 Å². The number of ketones is 1. The highest BCUT2D eigenvalue weighted by molar-refractivity contribution is 6.16. The van der Waals surface area contributed by atoms with Gasteiger partial charge in [-0.25, -0.2) is 9.59 Å². The Bertz CT molecular complexity index is 1970. The van der Waals surface area contributed by atoms with E-state index in [-0.39, 0.29) is 30.9 Å². The molecule has 11 heteroatoms. The number of primary amides is 1. The zero-order valence-corrected chi connectivity index (χ0v) is 26.0. The Morgan fingerprint density at radius 2 is 1.33 bits per heavy atom. The Morgan fingerprint density at radius 1 is 0.717 bits per heavy atom. The van der Waals surface area contributed by atoms with Crippen LogP contribution in [0.3, 0.4) is 0 Å². The van der Waals surface area contributed by atoms with E-state index in [0.717, 1.165) is 10.5 Å². The maximum Gasteiger partial charge on any atom is 0.329 e. The van der Waals surface area contributed by atoms with Crippen molar-refractivity contribution in [2.45, 2.75) is 19.5 Å². The molecule has 11 nitrogen and oxygen atoms in total. The molecule has 236 valence electrons. The summed E-state index contributed by atoms with van der Waals surface area (Å²) in [5, 5.41) is 0. The van der Waals surface area contributed by atoms with Crippen LogP contribution < -0.4 is 25.6 Å². The summed E-state index contributed by atoms with van der Waals surface area (Å²) >= 11 is 0. The zero-order chi connectivity index (χ0) is 33.0. The molecule has 5 rings (SSSR count). The van der Waals surface area contributed by atoms with Crippen molar-refractivity contribution >= 4 is 28.8 Å². The summed E-state index contributed by atoms with van der Waals surface area (Å²) in [6, 6.07) is 23.7. The quantitative estimate of drug-likeness (QED) is 0.218. The zero-order valence-electron chi connectivity index (χ0n) is 26.0. The van der Waals surface area contributed by atoms with Gasteiger partial charge in [0.1, 0.15) is 17.2 Å². The third kappa shape index (κ3) is 6.34. The van der Waals surface area contributed by atoms with Crippen LogP contribution >= 0.6 is 0 Å². The van der Waals surface area contributed by atoms with E-state index in [1.807, 2.05) is 24.3 Å². The normalized spacial score (nSPS) is 10.9. The molecule has 0 bridgehead atoms. The number of nitrogens with zero attached hydrogens (tertiary/aromatic N) is 3. The highest BCUT2D eigenvalue weighted by Crippen LogP contribution is 2.29. The monoisotopic (exact) mass is 622 g/mol. The number of ether oxygens (including phenoxy) is 3. The average Bonchev–Trinajstić information content (AvgIpc) is 3.34. The van der Waals surface area contributed by atoms with E-state index in [9.17, 15) is 19.2 Å². The van der Waals surface area contributed by atoms with Gasteiger partial charge in [0.05, 0.1) is 51.9 Å². The van der Waals surface area contributed by atoms with E-state index in [1.165, 1.54) is 30.4 Å². The van der Waals surface area contributed by atoms with Gasteiger partial charge >= 0.3 is 11.7 Å². The number of carbonyl (C=O) groups is 3. The van der Waals surface area contributed by atoms with Gasteiger partial charge in [0, 0.05) is 24.2 Å². The summed E-state index contributed by atoms with van der Waals surface area (Å²) in [6.45, 7) is 0.165. The summed E-state index contributed by atoms with van der Waals surface area (Å²) < 4.78 is 19.4. The summed E-state index contributed by atoms with van der Waals surface area (Å²) in [6.07, 6.45) is -0.246. The second-order valence-corrected chi connectivity index (χ2v) is 10.7. The molecular formula is C35H34N4O7. The number of hydrogen-bond donors (Lipinski definition) is 1. The maximum atomic E-state index is 14.5. The number of hydrogen-bond acceptors (Lipinski definition) is 7. The number of nitrogens with two attached hydrogens (primary N) is 1. The molecule has 3 amide bonds. The summed E-state index contributed by atoms with van der Waals surface area (Å²) in [5.41, 5.74) is 8.30. The minimum atomic E-state index is -0.907. The van der Waals surface area contributed by atoms with Crippen LogP contribution in [0.15, 0.2) is 89.7 Å². The van der Waals surface area contributed by atoms with Crippen molar-refractivity contribution in [3.8, 4) is 17.2 Å². The molecular weight excluding hydrogens is 588 g/mol. The van der Waals surface area contributed by atoms with Gasteiger partial charge in [-0.1, -0.05) is 48.5 Å². The van der Waals surface area contributed by atoms with E-state index in [4.69, 9.17) is 19.9 Å². The third-order valence-electron chi connectivity index (χ3n) is 7.79. The number of amides is 3. The molecule has 46 heavy (non-hydrogen) atoms. The number of benzene rings is 4. The van der Waals surface area contributed by atoms with Gasteiger partial charge in [0.2, 0.25) is 5.91 Å². The fraction of sp³-hybridized carbons (Fsp3) is 0.200. The molecule has 0 aliphatic rings. The number of likely N-dealkylation sites (N-methyl/N-ethyl adjacent to an activating group) is 1. The Kier molecular flexibility index (Phi) is 9.22. The Balaban J connectivity index is 1.81. The van der Waals surface area contributed by atoms with Crippen molar-refractivity contribution in [3.05, 3.63) is 123 Å². The van der Waals surface area contributed by atoms with Gasteiger partial charge in [-0.3, -0.25) is 23.6 Å². The fourth-order valence-electron chi connectivity index (χ4n) is 5.40. The molecule has 1 aromatic heterocycles. The molecule has 0 spiro atoms. The molecule has 4 aromatic carbocycles. The number of imide groups is 1. The lowest BCUT2D eigenvalue weighted by molar-refractivity contribution is -0.126. The molecule has 0 aliphatic heterocycles. The van der Waals surface area contributed by atoms with E-state index in [0.29, 0.717) is 45.0 Å². The Hall–Kier alpha value is -5.84. The second kappa shape index (κ2) is 13.4. The van der Waals surface area contributed by atoms with E-state index in [1.54, 1.807) is 67.8 Å². The minimum Gasteiger partial charge on any atom is -0.497 e.